The van der Waals surface area contributed by atoms with Gasteiger partial charge in [0.1, 0.15) is 5.82 Å². The average molecular weight is 240 g/mol. The summed E-state index contributed by atoms with van der Waals surface area (Å²) in [4.78, 5) is 1.03. The van der Waals surface area contributed by atoms with Crippen molar-refractivity contribution in [2.75, 3.05) is 24.7 Å². The maximum absolute atomic E-state index is 13.5. The van der Waals surface area contributed by atoms with Crippen molar-refractivity contribution in [2.24, 2.45) is 0 Å². The van der Waals surface area contributed by atoms with Gasteiger partial charge in [0.2, 0.25) is 0 Å². The van der Waals surface area contributed by atoms with Gasteiger partial charge >= 0.3 is 0 Å². The minimum Gasteiger partial charge on any atom is -0.378 e. The van der Waals surface area contributed by atoms with E-state index < -0.39 is 0 Å². The molecule has 0 fully saturated rings. The molecule has 1 aromatic carbocycles. The minimum absolute atomic E-state index is 0.136. The zero-order valence-electron chi connectivity index (χ0n) is 9.42. The molecular formula is C12H17FN2S. The summed E-state index contributed by atoms with van der Waals surface area (Å²) in [5.41, 5.74) is 0.688. The van der Waals surface area contributed by atoms with E-state index in [1.54, 1.807) is 17.8 Å². The lowest BCUT2D eigenvalue weighted by Crippen LogP contribution is -2.27. The van der Waals surface area contributed by atoms with Gasteiger partial charge in [-0.1, -0.05) is 6.07 Å². The molecule has 0 bridgehead atoms. The van der Waals surface area contributed by atoms with Crippen LogP contribution in [0.5, 0.6) is 0 Å². The maximum atomic E-state index is 13.5. The SMILES string of the molecule is CNCCCC1CSc2cccc(F)c2N1. The molecule has 0 amide bonds. The predicted molar refractivity (Wildman–Crippen MR) is 67.7 cm³/mol. The van der Waals surface area contributed by atoms with Gasteiger partial charge in [-0.05, 0) is 38.6 Å². The average Bonchev–Trinajstić information content (AvgIpc) is 2.30. The van der Waals surface area contributed by atoms with E-state index in [4.69, 9.17) is 0 Å². The van der Waals surface area contributed by atoms with Crippen LogP contribution in [0.15, 0.2) is 23.1 Å². The van der Waals surface area contributed by atoms with Gasteiger partial charge in [0.25, 0.3) is 0 Å². The Morgan fingerprint density at radius 3 is 3.25 bits per heavy atom. The van der Waals surface area contributed by atoms with Crippen LogP contribution in [0, 0.1) is 5.82 Å². The summed E-state index contributed by atoms with van der Waals surface area (Å²) in [7, 11) is 1.96. The fourth-order valence-electron chi connectivity index (χ4n) is 1.88. The molecule has 0 saturated heterocycles. The third kappa shape index (κ3) is 2.68. The highest BCUT2D eigenvalue weighted by Gasteiger charge is 2.20. The van der Waals surface area contributed by atoms with E-state index in [1.165, 1.54) is 6.07 Å². The highest BCUT2D eigenvalue weighted by Crippen LogP contribution is 2.35. The number of thioether (sulfide) groups is 1. The first kappa shape index (κ1) is 11.7. The van der Waals surface area contributed by atoms with E-state index >= 15 is 0 Å². The second-order valence-corrected chi connectivity index (χ2v) is 5.07. The minimum atomic E-state index is -0.136. The van der Waals surface area contributed by atoms with Crippen LogP contribution in [0.25, 0.3) is 0 Å². The first-order valence-electron chi connectivity index (χ1n) is 5.63. The zero-order valence-corrected chi connectivity index (χ0v) is 10.2. The molecular weight excluding hydrogens is 223 g/mol. The Morgan fingerprint density at radius 2 is 2.44 bits per heavy atom. The lowest BCUT2D eigenvalue weighted by molar-refractivity contribution is 0.601. The predicted octanol–water partition coefficient (Wildman–Crippen LogP) is 2.71. The molecule has 2 nitrogen and oxygen atoms in total. The van der Waals surface area contributed by atoms with Crippen LogP contribution in [0.3, 0.4) is 0 Å². The number of para-hydroxylation sites is 1. The Kier molecular flexibility index (Phi) is 4.07. The number of rotatable bonds is 4. The van der Waals surface area contributed by atoms with E-state index in [0.29, 0.717) is 11.7 Å². The Morgan fingerprint density at radius 1 is 1.56 bits per heavy atom. The van der Waals surface area contributed by atoms with Crippen molar-refractivity contribution in [1.29, 1.82) is 0 Å². The Labute approximate surface area is 100 Å². The van der Waals surface area contributed by atoms with Crippen LogP contribution in [-0.4, -0.2) is 25.4 Å². The molecule has 88 valence electrons. The van der Waals surface area contributed by atoms with Gasteiger partial charge in [-0.15, -0.1) is 11.8 Å². The van der Waals surface area contributed by atoms with Crippen molar-refractivity contribution in [3.63, 3.8) is 0 Å². The van der Waals surface area contributed by atoms with E-state index in [9.17, 15) is 4.39 Å². The fraction of sp³-hybridized carbons (Fsp3) is 0.500. The van der Waals surface area contributed by atoms with Gasteiger partial charge in [-0.3, -0.25) is 0 Å². The Hall–Kier alpha value is -0.740. The van der Waals surface area contributed by atoms with Crippen molar-refractivity contribution in [3.8, 4) is 0 Å². The van der Waals surface area contributed by atoms with Crippen molar-refractivity contribution in [1.82, 2.24) is 5.32 Å². The largest absolute Gasteiger partial charge is 0.378 e. The molecule has 2 rings (SSSR count). The molecule has 0 radical (unpaired) electrons. The molecule has 4 heteroatoms. The maximum Gasteiger partial charge on any atom is 0.147 e. The van der Waals surface area contributed by atoms with Crippen molar-refractivity contribution in [2.45, 2.75) is 23.8 Å². The highest BCUT2D eigenvalue weighted by molar-refractivity contribution is 7.99. The van der Waals surface area contributed by atoms with E-state index in [-0.39, 0.29) is 5.82 Å². The monoisotopic (exact) mass is 240 g/mol. The normalized spacial score (nSPS) is 19.0. The molecule has 1 aromatic rings. The summed E-state index contributed by atoms with van der Waals surface area (Å²) in [6.07, 6.45) is 2.21. The molecule has 0 spiro atoms. The van der Waals surface area contributed by atoms with E-state index in [1.807, 2.05) is 13.1 Å². The third-order valence-corrected chi connectivity index (χ3v) is 3.96. The molecule has 0 aromatic heterocycles. The molecule has 1 aliphatic heterocycles. The van der Waals surface area contributed by atoms with Gasteiger partial charge in [-0.25, -0.2) is 4.39 Å². The first-order valence-corrected chi connectivity index (χ1v) is 6.62. The van der Waals surface area contributed by atoms with Gasteiger partial charge in [0.05, 0.1) is 5.69 Å². The third-order valence-electron chi connectivity index (χ3n) is 2.74. The topological polar surface area (TPSA) is 24.1 Å². The zero-order chi connectivity index (χ0) is 11.4. The second-order valence-electron chi connectivity index (χ2n) is 4.01. The summed E-state index contributed by atoms with van der Waals surface area (Å²) < 4.78 is 13.5. The van der Waals surface area contributed by atoms with Crippen molar-refractivity contribution in [3.05, 3.63) is 24.0 Å². The van der Waals surface area contributed by atoms with Gasteiger partial charge in [0, 0.05) is 16.7 Å². The van der Waals surface area contributed by atoms with Crippen molar-refractivity contribution < 1.29 is 4.39 Å². The lowest BCUT2D eigenvalue weighted by Gasteiger charge is -2.26. The van der Waals surface area contributed by atoms with Crippen LogP contribution in [0.2, 0.25) is 0 Å². The summed E-state index contributed by atoms with van der Waals surface area (Å²) in [5.74, 6) is 0.892. The molecule has 2 N–H and O–H groups in total. The van der Waals surface area contributed by atoms with E-state index in [2.05, 4.69) is 10.6 Å². The van der Waals surface area contributed by atoms with Gasteiger partial charge in [0.15, 0.2) is 0 Å². The number of nitrogens with one attached hydrogen (secondary N) is 2. The van der Waals surface area contributed by atoms with Crippen molar-refractivity contribution >= 4 is 17.4 Å². The van der Waals surface area contributed by atoms with Crippen LogP contribution in [0.4, 0.5) is 10.1 Å². The summed E-state index contributed by atoms with van der Waals surface area (Å²) in [6.45, 7) is 1.02. The number of hydrogen-bond donors (Lipinski definition) is 2. The number of hydrogen-bond acceptors (Lipinski definition) is 3. The summed E-state index contributed by atoms with van der Waals surface area (Å²) in [6, 6.07) is 5.65. The highest BCUT2D eigenvalue weighted by atomic mass is 32.2. The van der Waals surface area contributed by atoms with Crippen LogP contribution in [-0.2, 0) is 0 Å². The number of anilines is 1. The van der Waals surface area contributed by atoms with Crippen LogP contribution in [0.1, 0.15) is 12.8 Å². The van der Waals surface area contributed by atoms with Crippen LogP contribution >= 0.6 is 11.8 Å². The lowest BCUT2D eigenvalue weighted by atomic mass is 10.1. The van der Waals surface area contributed by atoms with Gasteiger partial charge in [-0.2, -0.15) is 0 Å². The molecule has 0 aliphatic carbocycles. The Balaban J connectivity index is 1.97. The Bertz CT molecular complexity index is 357. The molecule has 0 saturated carbocycles. The summed E-state index contributed by atoms with van der Waals surface area (Å²) >= 11 is 1.75. The number of halogens is 1. The standard InChI is InChI=1S/C12H17FN2S/c1-14-7-3-4-9-8-16-11-6-2-5-10(13)12(11)15-9/h2,5-6,9,14-15H,3-4,7-8H2,1H3. The summed E-state index contributed by atoms with van der Waals surface area (Å²) in [5, 5.41) is 6.43. The first-order chi connectivity index (χ1) is 7.81. The number of fused-ring (bicyclic) bond motifs is 1. The van der Waals surface area contributed by atoms with Crippen LogP contribution < -0.4 is 10.6 Å². The molecule has 16 heavy (non-hydrogen) atoms. The molecule has 1 heterocycles. The fourth-order valence-corrected chi connectivity index (χ4v) is 2.99. The van der Waals surface area contributed by atoms with Gasteiger partial charge < -0.3 is 10.6 Å². The molecule has 1 atom stereocenters. The molecule has 1 unspecified atom stereocenters. The molecule has 1 aliphatic rings. The smallest absolute Gasteiger partial charge is 0.147 e. The van der Waals surface area contributed by atoms with E-state index in [0.717, 1.165) is 30.0 Å². The second kappa shape index (κ2) is 5.55. The number of benzene rings is 1. The quantitative estimate of drug-likeness (QED) is 0.791.